The molecule has 0 aromatic carbocycles. The average molecular weight is 240 g/mol. The van der Waals surface area contributed by atoms with Crippen LogP contribution in [0.15, 0.2) is 6.07 Å². The van der Waals surface area contributed by atoms with E-state index in [0.717, 1.165) is 11.5 Å². The SMILES string of the molecule is CN(C)C1(CNc2cc(N)ns2)CCCC1. The molecule has 5 heteroatoms. The summed E-state index contributed by atoms with van der Waals surface area (Å²) in [4.78, 5) is 2.36. The minimum absolute atomic E-state index is 0.318. The summed E-state index contributed by atoms with van der Waals surface area (Å²) in [5.41, 5.74) is 5.92. The highest BCUT2D eigenvalue weighted by atomic mass is 32.1. The molecule has 3 N–H and O–H groups in total. The number of aromatic nitrogens is 1. The summed E-state index contributed by atoms with van der Waals surface area (Å²) in [5, 5.41) is 4.54. The maximum absolute atomic E-state index is 5.60. The van der Waals surface area contributed by atoms with Crippen LogP contribution >= 0.6 is 11.5 Å². The molecule has 0 unspecified atom stereocenters. The molecule has 1 aromatic rings. The van der Waals surface area contributed by atoms with E-state index in [-0.39, 0.29) is 0 Å². The molecule has 4 nitrogen and oxygen atoms in total. The lowest BCUT2D eigenvalue weighted by molar-refractivity contribution is 0.172. The lowest BCUT2D eigenvalue weighted by Gasteiger charge is -2.36. The van der Waals surface area contributed by atoms with Crippen molar-refractivity contribution in [1.82, 2.24) is 9.27 Å². The van der Waals surface area contributed by atoms with Gasteiger partial charge in [0.25, 0.3) is 0 Å². The van der Waals surface area contributed by atoms with Crippen molar-refractivity contribution in [3.05, 3.63) is 6.07 Å². The van der Waals surface area contributed by atoms with Crippen LogP contribution in [0.2, 0.25) is 0 Å². The van der Waals surface area contributed by atoms with Gasteiger partial charge >= 0.3 is 0 Å². The lowest BCUT2D eigenvalue weighted by atomic mass is 9.96. The molecule has 0 radical (unpaired) electrons. The number of rotatable bonds is 4. The molecule has 0 aliphatic heterocycles. The zero-order valence-electron chi connectivity index (χ0n) is 9.99. The topological polar surface area (TPSA) is 54.2 Å². The zero-order chi connectivity index (χ0) is 11.6. The van der Waals surface area contributed by atoms with E-state index in [1.807, 2.05) is 6.07 Å². The van der Waals surface area contributed by atoms with E-state index in [2.05, 4.69) is 28.7 Å². The van der Waals surface area contributed by atoms with Gasteiger partial charge in [-0.3, -0.25) is 0 Å². The quantitative estimate of drug-likeness (QED) is 0.845. The summed E-state index contributed by atoms with van der Waals surface area (Å²) >= 11 is 1.44. The average Bonchev–Trinajstić information content (AvgIpc) is 2.84. The van der Waals surface area contributed by atoms with Crippen molar-refractivity contribution < 1.29 is 0 Å². The molecule has 0 saturated heterocycles. The normalized spacial score (nSPS) is 19.2. The van der Waals surface area contributed by atoms with Gasteiger partial charge in [0.15, 0.2) is 0 Å². The van der Waals surface area contributed by atoms with Crippen molar-refractivity contribution in [2.45, 2.75) is 31.2 Å². The van der Waals surface area contributed by atoms with Crippen LogP contribution in [-0.2, 0) is 0 Å². The van der Waals surface area contributed by atoms with Gasteiger partial charge in [0, 0.05) is 18.2 Å². The number of hydrogen-bond acceptors (Lipinski definition) is 5. The van der Waals surface area contributed by atoms with Crippen LogP contribution in [0.5, 0.6) is 0 Å². The Balaban J connectivity index is 1.97. The van der Waals surface area contributed by atoms with E-state index in [1.54, 1.807) is 0 Å². The molecule has 0 spiro atoms. The highest BCUT2D eigenvalue weighted by Crippen LogP contribution is 2.34. The van der Waals surface area contributed by atoms with Gasteiger partial charge in [-0.05, 0) is 38.5 Å². The number of hydrogen-bond donors (Lipinski definition) is 2. The van der Waals surface area contributed by atoms with Crippen molar-refractivity contribution in [2.24, 2.45) is 0 Å². The fourth-order valence-electron chi connectivity index (χ4n) is 2.44. The van der Waals surface area contributed by atoms with E-state index in [1.165, 1.54) is 37.2 Å². The first-order valence-electron chi connectivity index (χ1n) is 5.76. The third-order valence-electron chi connectivity index (χ3n) is 3.60. The largest absolute Gasteiger partial charge is 0.383 e. The lowest BCUT2D eigenvalue weighted by Crippen LogP contribution is -2.47. The van der Waals surface area contributed by atoms with Crippen molar-refractivity contribution in [1.29, 1.82) is 0 Å². The highest BCUT2D eigenvalue weighted by Gasteiger charge is 2.35. The van der Waals surface area contributed by atoms with Gasteiger partial charge in [-0.2, -0.15) is 4.37 Å². The number of nitrogens with zero attached hydrogens (tertiary/aromatic N) is 2. The summed E-state index contributed by atoms with van der Waals surface area (Å²) in [6.45, 7) is 0.988. The van der Waals surface area contributed by atoms with Crippen molar-refractivity contribution in [2.75, 3.05) is 31.7 Å². The molecule has 1 heterocycles. The van der Waals surface area contributed by atoms with Crippen LogP contribution < -0.4 is 11.1 Å². The predicted molar refractivity (Wildman–Crippen MR) is 69.9 cm³/mol. The summed E-state index contributed by atoms with van der Waals surface area (Å²) < 4.78 is 4.07. The Morgan fingerprint density at radius 3 is 2.69 bits per heavy atom. The maximum atomic E-state index is 5.60. The monoisotopic (exact) mass is 240 g/mol. The second-order valence-electron chi connectivity index (χ2n) is 4.80. The summed E-state index contributed by atoms with van der Waals surface area (Å²) in [5.74, 6) is 0.609. The van der Waals surface area contributed by atoms with Gasteiger partial charge in [0.2, 0.25) is 0 Å². The van der Waals surface area contributed by atoms with E-state index in [9.17, 15) is 0 Å². The van der Waals surface area contributed by atoms with Crippen LogP contribution in [0.4, 0.5) is 10.8 Å². The molecule has 1 fully saturated rings. The maximum Gasteiger partial charge on any atom is 0.139 e. The van der Waals surface area contributed by atoms with Gasteiger partial charge in [-0.15, -0.1) is 0 Å². The van der Waals surface area contributed by atoms with Gasteiger partial charge in [0.1, 0.15) is 10.8 Å². The zero-order valence-corrected chi connectivity index (χ0v) is 10.8. The Morgan fingerprint density at radius 1 is 1.50 bits per heavy atom. The number of anilines is 2. The fraction of sp³-hybridized carbons (Fsp3) is 0.727. The summed E-state index contributed by atoms with van der Waals surface area (Å²) in [6.07, 6.45) is 5.23. The molecule has 0 atom stereocenters. The van der Waals surface area contributed by atoms with Crippen molar-refractivity contribution >= 4 is 22.4 Å². The molecular weight excluding hydrogens is 220 g/mol. The van der Waals surface area contributed by atoms with Crippen LogP contribution in [0.1, 0.15) is 25.7 Å². The van der Waals surface area contributed by atoms with E-state index >= 15 is 0 Å². The van der Waals surface area contributed by atoms with Crippen LogP contribution in [0, 0.1) is 0 Å². The predicted octanol–water partition coefficient (Wildman–Crippen LogP) is 2.01. The van der Waals surface area contributed by atoms with E-state index < -0.39 is 0 Å². The van der Waals surface area contributed by atoms with Gasteiger partial charge < -0.3 is 16.0 Å². The third-order valence-corrected chi connectivity index (χ3v) is 4.36. The van der Waals surface area contributed by atoms with Gasteiger partial charge in [-0.1, -0.05) is 12.8 Å². The molecule has 90 valence electrons. The first-order valence-corrected chi connectivity index (χ1v) is 6.53. The van der Waals surface area contributed by atoms with Crippen molar-refractivity contribution in [3.63, 3.8) is 0 Å². The molecule has 1 saturated carbocycles. The minimum Gasteiger partial charge on any atom is -0.383 e. The summed E-state index contributed by atoms with van der Waals surface area (Å²) in [6, 6.07) is 1.91. The molecule has 1 aliphatic carbocycles. The molecule has 1 aromatic heterocycles. The molecule has 0 amide bonds. The first kappa shape index (κ1) is 11.7. The van der Waals surface area contributed by atoms with Crippen LogP contribution in [-0.4, -0.2) is 35.5 Å². The number of nitrogens with one attached hydrogen (secondary N) is 1. The Morgan fingerprint density at radius 2 is 2.19 bits per heavy atom. The molecular formula is C11H20N4S. The molecule has 0 bridgehead atoms. The highest BCUT2D eigenvalue weighted by molar-refractivity contribution is 7.10. The molecule has 1 aliphatic rings. The van der Waals surface area contributed by atoms with Crippen molar-refractivity contribution in [3.8, 4) is 0 Å². The van der Waals surface area contributed by atoms with Gasteiger partial charge in [-0.25, -0.2) is 0 Å². The molecule has 2 rings (SSSR count). The summed E-state index contributed by atoms with van der Waals surface area (Å²) in [7, 11) is 4.35. The standard InChI is InChI=1S/C11H20N4S/c1-15(2)11(5-3-4-6-11)8-13-10-7-9(12)14-16-10/h7,13H,3-6,8H2,1-2H3,(H2,12,14). The Hall–Kier alpha value is -0.810. The number of nitrogens with two attached hydrogens (primary N) is 1. The molecule has 16 heavy (non-hydrogen) atoms. The Kier molecular flexibility index (Phi) is 3.35. The minimum atomic E-state index is 0.318. The second kappa shape index (κ2) is 4.59. The Labute approximate surface area is 101 Å². The first-order chi connectivity index (χ1) is 7.62. The van der Waals surface area contributed by atoms with Crippen LogP contribution in [0.3, 0.4) is 0 Å². The van der Waals surface area contributed by atoms with Gasteiger partial charge in [0.05, 0.1) is 0 Å². The van der Waals surface area contributed by atoms with Crippen LogP contribution in [0.25, 0.3) is 0 Å². The number of nitrogen functional groups attached to an aromatic ring is 1. The fourth-order valence-corrected chi connectivity index (χ4v) is 3.01. The third kappa shape index (κ3) is 2.30. The van der Waals surface area contributed by atoms with E-state index in [0.29, 0.717) is 11.4 Å². The Bertz CT molecular complexity index is 342. The smallest absolute Gasteiger partial charge is 0.139 e. The van der Waals surface area contributed by atoms with E-state index in [4.69, 9.17) is 5.73 Å². The number of likely N-dealkylation sites (N-methyl/N-ethyl adjacent to an activating group) is 1. The second-order valence-corrected chi connectivity index (χ2v) is 5.60.